The summed E-state index contributed by atoms with van der Waals surface area (Å²) in [6.07, 6.45) is 2.96. The van der Waals surface area contributed by atoms with E-state index in [1.54, 1.807) is 0 Å². The number of hydrogen-bond donors (Lipinski definition) is 1. The molecule has 0 aliphatic heterocycles. The summed E-state index contributed by atoms with van der Waals surface area (Å²) in [4.78, 5) is 16.4. The molecule has 1 atom stereocenters. The highest BCUT2D eigenvalue weighted by Gasteiger charge is 2.31. The topological polar surface area (TPSA) is 44.8 Å². The molecule has 0 aromatic carbocycles. The van der Waals surface area contributed by atoms with Crippen LogP contribution >= 0.6 is 0 Å². The Labute approximate surface area is 124 Å². The second-order valence-electron chi connectivity index (χ2n) is 5.77. The molecular weight excluding hydrogens is 254 g/mol. The molecule has 0 aromatic rings. The summed E-state index contributed by atoms with van der Waals surface area (Å²) in [6, 6.07) is 0. The first-order valence-electron chi connectivity index (χ1n) is 7.54. The number of methoxy groups -OCH3 is 1. The van der Waals surface area contributed by atoms with Gasteiger partial charge < -0.3 is 19.9 Å². The van der Waals surface area contributed by atoms with Gasteiger partial charge in [-0.2, -0.15) is 0 Å². The monoisotopic (exact) mass is 287 g/mol. The summed E-state index contributed by atoms with van der Waals surface area (Å²) in [5.41, 5.74) is -0.572. The van der Waals surface area contributed by atoms with Crippen LogP contribution in [-0.2, 0) is 9.53 Å². The number of likely N-dealkylation sites (N-methyl/N-ethyl adjacent to an activating group) is 1. The van der Waals surface area contributed by atoms with Crippen molar-refractivity contribution in [2.75, 3.05) is 54.4 Å². The number of nitrogens with zero attached hydrogens (tertiary/aromatic N) is 2. The molecular formula is C15H33N3O2. The van der Waals surface area contributed by atoms with Crippen LogP contribution in [0.1, 0.15) is 33.1 Å². The van der Waals surface area contributed by atoms with E-state index < -0.39 is 5.54 Å². The number of ether oxygens (including phenoxy) is 1. The van der Waals surface area contributed by atoms with Gasteiger partial charge in [0.2, 0.25) is 0 Å². The lowest BCUT2D eigenvalue weighted by Crippen LogP contribution is -2.48. The van der Waals surface area contributed by atoms with Crippen LogP contribution < -0.4 is 5.32 Å². The SMILES string of the molecule is CCN(CCCN(C)C)CCCC(C)(NC)C(=O)OC. The zero-order valence-corrected chi connectivity index (χ0v) is 14.2. The number of nitrogens with one attached hydrogen (secondary N) is 1. The standard InChI is InChI=1S/C15H33N3O2/c1-7-18(13-9-11-17(4)5)12-8-10-15(2,16-3)14(19)20-6/h16H,7-13H2,1-6H3. The molecule has 0 rings (SSSR count). The summed E-state index contributed by atoms with van der Waals surface area (Å²) in [6.45, 7) is 8.41. The van der Waals surface area contributed by atoms with Gasteiger partial charge in [0.25, 0.3) is 0 Å². The van der Waals surface area contributed by atoms with Gasteiger partial charge in [0, 0.05) is 0 Å². The zero-order chi connectivity index (χ0) is 15.6. The van der Waals surface area contributed by atoms with Crippen molar-refractivity contribution in [1.29, 1.82) is 0 Å². The number of esters is 1. The zero-order valence-electron chi connectivity index (χ0n) is 14.2. The largest absolute Gasteiger partial charge is 0.468 e. The van der Waals surface area contributed by atoms with E-state index in [2.05, 4.69) is 36.1 Å². The van der Waals surface area contributed by atoms with Crippen molar-refractivity contribution in [2.24, 2.45) is 0 Å². The summed E-state index contributed by atoms with van der Waals surface area (Å²) < 4.78 is 4.86. The lowest BCUT2D eigenvalue weighted by molar-refractivity contribution is -0.148. The minimum Gasteiger partial charge on any atom is -0.468 e. The van der Waals surface area contributed by atoms with Crippen LogP contribution in [0.3, 0.4) is 0 Å². The van der Waals surface area contributed by atoms with Gasteiger partial charge >= 0.3 is 5.97 Å². The molecule has 0 bridgehead atoms. The Hall–Kier alpha value is -0.650. The molecule has 0 saturated carbocycles. The smallest absolute Gasteiger partial charge is 0.325 e. The van der Waals surface area contributed by atoms with Crippen LogP contribution in [0, 0.1) is 0 Å². The van der Waals surface area contributed by atoms with Gasteiger partial charge in [-0.1, -0.05) is 6.92 Å². The van der Waals surface area contributed by atoms with Crippen LogP contribution in [0.15, 0.2) is 0 Å². The Morgan fingerprint density at radius 1 is 1.20 bits per heavy atom. The summed E-state index contributed by atoms with van der Waals surface area (Å²) in [7, 11) is 7.46. The maximum atomic E-state index is 11.8. The molecule has 0 amide bonds. The van der Waals surface area contributed by atoms with E-state index in [1.165, 1.54) is 13.5 Å². The van der Waals surface area contributed by atoms with Crippen LogP contribution in [-0.4, -0.2) is 75.7 Å². The molecule has 0 aromatic heterocycles. The van der Waals surface area contributed by atoms with Crippen LogP contribution in [0.5, 0.6) is 0 Å². The lowest BCUT2D eigenvalue weighted by atomic mass is 9.96. The minimum atomic E-state index is -0.572. The number of rotatable bonds is 11. The normalized spacial score (nSPS) is 14.6. The molecule has 120 valence electrons. The fourth-order valence-electron chi connectivity index (χ4n) is 2.25. The third-order valence-corrected chi connectivity index (χ3v) is 3.87. The summed E-state index contributed by atoms with van der Waals surface area (Å²) >= 11 is 0. The van der Waals surface area contributed by atoms with E-state index in [0.717, 1.165) is 39.0 Å². The molecule has 0 aliphatic rings. The second kappa shape index (κ2) is 10.1. The van der Waals surface area contributed by atoms with Crippen molar-refractivity contribution in [1.82, 2.24) is 15.1 Å². The Morgan fingerprint density at radius 3 is 2.25 bits per heavy atom. The van der Waals surface area contributed by atoms with Crippen molar-refractivity contribution in [3.05, 3.63) is 0 Å². The molecule has 0 spiro atoms. The van der Waals surface area contributed by atoms with Crippen molar-refractivity contribution in [3.63, 3.8) is 0 Å². The number of carbonyl (C=O) groups excluding carboxylic acids is 1. The van der Waals surface area contributed by atoms with Crippen LogP contribution in [0.25, 0.3) is 0 Å². The lowest BCUT2D eigenvalue weighted by Gasteiger charge is -2.28. The van der Waals surface area contributed by atoms with E-state index in [0.29, 0.717) is 0 Å². The first-order valence-corrected chi connectivity index (χ1v) is 7.54. The summed E-state index contributed by atoms with van der Waals surface area (Å²) in [5.74, 6) is -0.185. The molecule has 1 unspecified atom stereocenters. The molecule has 0 heterocycles. The Bertz CT molecular complexity index is 272. The Morgan fingerprint density at radius 2 is 1.80 bits per heavy atom. The predicted octanol–water partition coefficient (Wildman–Crippen LogP) is 1.19. The highest BCUT2D eigenvalue weighted by atomic mass is 16.5. The van der Waals surface area contributed by atoms with Gasteiger partial charge in [-0.25, -0.2) is 0 Å². The maximum absolute atomic E-state index is 11.8. The van der Waals surface area contributed by atoms with Gasteiger partial charge in [-0.05, 0) is 73.5 Å². The van der Waals surface area contributed by atoms with Crippen molar-refractivity contribution < 1.29 is 9.53 Å². The fraction of sp³-hybridized carbons (Fsp3) is 0.933. The van der Waals surface area contributed by atoms with E-state index >= 15 is 0 Å². The van der Waals surface area contributed by atoms with Gasteiger partial charge in [0.15, 0.2) is 0 Å². The highest BCUT2D eigenvalue weighted by molar-refractivity contribution is 5.80. The van der Waals surface area contributed by atoms with Gasteiger partial charge in [0.05, 0.1) is 7.11 Å². The molecule has 1 N–H and O–H groups in total. The van der Waals surface area contributed by atoms with Gasteiger partial charge in [-0.3, -0.25) is 4.79 Å². The Balaban J connectivity index is 4.07. The first-order chi connectivity index (χ1) is 9.39. The fourth-order valence-corrected chi connectivity index (χ4v) is 2.25. The number of hydrogen-bond acceptors (Lipinski definition) is 5. The predicted molar refractivity (Wildman–Crippen MR) is 84.0 cm³/mol. The molecule has 0 radical (unpaired) electrons. The van der Waals surface area contributed by atoms with E-state index in [1.807, 2.05) is 14.0 Å². The second-order valence-corrected chi connectivity index (χ2v) is 5.77. The third kappa shape index (κ3) is 7.22. The first kappa shape index (κ1) is 19.4. The molecule has 0 saturated heterocycles. The molecule has 5 nitrogen and oxygen atoms in total. The number of carbonyl (C=O) groups is 1. The van der Waals surface area contributed by atoms with Gasteiger partial charge in [0.1, 0.15) is 5.54 Å². The van der Waals surface area contributed by atoms with Gasteiger partial charge in [-0.15, -0.1) is 0 Å². The molecule has 20 heavy (non-hydrogen) atoms. The van der Waals surface area contributed by atoms with E-state index in [9.17, 15) is 4.79 Å². The molecule has 5 heteroatoms. The van der Waals surface area contributed by atoms with Crippen molar-refractivity contribution in [3.8, 4) is 0 Å². The Kier molecular flexibility index (Phi) is 9.80. The van der Waals surface area contributed by atoms with Crippen molar-refractivity contribution in [2.45, 2.75) is 38.6 Å². The third-order valence-electron chi connectivity index (χ3n) is 3.87. The molecule has 0 aliphatic carbocycles. The molecule has 0 fully saturated rings. The quantitative estimate of drug-likeness (QED) is 0.578. The van der Waals surface area contributed by atoms with Crippen molar-refractivity contribution >= 4 is 5.97 Å². The average molecular weight is 287 g/mol. The highest BCUT2D eigenvalue weighted by Crippen LogP contribution is 2.14. The maximum Gasteiger partial charge on any atom is 0.325 e. The van der Waals surface area contributed by atoms with E-state index in [-0.39, 0.29) is 5.97 Å². The van der Waals surface area contributed by atoms with Crippen LogP contribution in [0.4, 0.5) is 0 Å². The average Bonchev–Trinajstić information content (AvgIpc) is 2.43. The summed E-state index contributed by atoms with van der Waals surface area (Å²) in [5, 5.41) is 3.08. The van der Waals surface area contributed by atoms with Crippen LogP contribution in [0.2, 0.25) is 0 Å². The van der Waals surface area contributed by atoms with E-state index in [4.69, 9.17) is 4.74 Å². The minimum absolute atomic E-state index is 0.185.